The Hall–Kier alpha value is -2.76. The molecular formula is C32H48ClFN2O2. The average Bonchev–Trinajstić information content (AvgIpc) is 2.98. The molecule has 38 heavy (non-hydrogen) atoms. The van der Waals surface area contributed by atoms with Gasteiger partial charge in [-0.05, 0) is 60.9 Å². The Morgan fingerprint density at radius 3 is 2.11 bits per heavy atom. The zero-order valence-corrected chi connectivity index (χ0v) is 25.2. The number of aryl methyl sites for hydroxylation is 1. The van der Waals surface area contributed by atoms with Crippen molar-refractivity contribution in [2.24, 2.45) is 0 Å². The highest BCUT2D eigenvalue weighted by Crippen LogP contribution is 2.28. The van der Waals surface area contributed by atoms with Gasteiger partial charge in [0, 0.05) is 32.5 Å². The van der Waals surface area contributed by atoms with Crippen molar-refractivity contribution in [2.75, 3.05) is 32.7 Å². The van der Waals surface area contributed by atoms with E-state index in [1.807, 2.05) is 51.2 Å². The fourth-order valence-electron chi connectivity index (χ4n) is 3.98. The lowest BCUT2D eigenvalue weighted by Crippen LogP contribution is -2.29. The van der Waals surface area contributed by atoms with Crippen LogP contribution in [0.3, 0.4) is 0 Å². The number of nitrogens with zero attached hydrogens (tertiary/aromatic N) is 1. The number of nitrogens with one attached hydrogen (secondary N) is 1. The molecule has 0 heterocycles. The molecular weight excluding hydrogens is 499 g/mol. The number of hydrogen-bond donors (Lipinski definition) is 2. The molecule has 2 N–H and O–H groups in total. The van der Waals surface area contributed by atoms with E-state index in [9.17, 15) is 4.39 Å². The molecule has 0 bridgehead atoms. The highest BCUT2D eigenvalue weighted by molar-refractivity contribution is 6.35. The third-order valence-electron chi connectivity index (χ3n) is 5.92. The number of anilines is 1. The number of benzene rings is 2. The highest BCUT2D eigenvalue weighted by Gasteiger charge is 2.12. The van der Waals surface area contributed by atoms with E-state index in [4.69, 9.17) is 21.4 Å². The largest absolute Gasteiger partial charge is 0.497 e. The number of allylic oxidation sites excluding steroid dienone is 4. The summed E-state index contributed by atoms with van der Waals surface area (Å²) in [5.41, 5.74) is 3.09. The lowest BCUT2D eigenvalue weighted by Gasteiger charge is -2.26. The van der Waals surface area contributed by atoms with Crippen LogP contribution in [0.25, 0.3) is 5.57 Å². The van der Waals surface area contributed by atoms with Gasteiger partial charge in [0.1, 0.15) is 17.4 Å². The Morgan fingerprint density at radius 2 is 1.66 bits per heavy atom. The average molecular weight is 547 g/mol. The van der Waals surface area contributed by atoms with Gasteiger partial charge < -0.3 is 20.1 Å². The van der Waals surface area contributed by atoms with Crippen molar-refractivity contribution in [1.29, 1.82) is 0 Å². The van der Waals surface area contributed by atoms with Crippen molar-refractivity contribution in [1.82, 2.24) is 5.32 Å². The molecule has 0 spiro atoms. The first kappa shape index (κ1) is 35.2. The van der Waals surface area contributed by atoms with E-state index in [1.54, 1.807) is 32.2 Å². The number of aliphatic hydroxyl groups excluding tert-OH is 1. The molecule has 3 rings (SSSR count). The summed E-state index contributed by atoms with van der Waals surface area (Å²) in [6.07, 6.45) is 12.5. The summed E-state index contributed by atoms with van der Waals surface area (Å²) in [6.45, 7) is 12.4. The second-order valence-corrected chi connectivity index (χ2v) is 8.68. The number of hydrogen-bond acceptors (Lipinski definition) is 4. The van der Waals surface area contributed by atoms with Gasteiger partial charge in [-0.25, -0.2) is 4.39 Å². The molecule has 1 aliphatic rings. The zero-order chi connectivity index (χ0) is 28.9. The molecule has 0 unspecified atom stereocenters. The molecule has 0 saturated heterocycles. The first-order valence-corrected chi connectivity index (χ1v) is 13.9. The van der Waals surface area contributed by atoms with E-state index >= 15 is 0 Å². The van der Waals surface area contributed by atoms with E-state index in [0.717, 1.165) is 42.0 Å². The van der Waals surface area contributed by atoms with Gasteiger partial charge in [-0.3, -0.25) is 0 Å². The summed E-state index contributed by atoms with van der Waals surface area (Å²) in [7, 11) is 4.49. The van der Waals surface area contributed by atoms with Gasteiger partial charge in [-0.15, -0.1) is 0 Å². The van der Waals surface area contributed by atoms with E-state index in [1.165, 1.54) is 44.6 Å². The molecule has 1 fully saturated rings. The fourth-order valence-corrected chi connectivity index (χ4v) is 4.27. The number of ether oxygens (including phenoxy) is 1. The molecule has 0 atom stereocenters. The van der Waals surface area contributed by atoms with Gasteiger partial charge in [0.2, 0.25) is 0 Å². The second kappa shape index (κ2) is 21.2. The lowest BCUT2D eigenvalue weighted by molar-refractivity contribution is 0.399. The number of halogens is 2. The van der Waals surface area contributed by atoms with Crippen LogP contribution in [0.15, 0.2) is 72.0 Å². The Balaban J connectivity index is 0.00000116. The van der Waals surface area contributed by atoms with Crippen LogP contribution >= 0.6 is 11.6 Å². The Kier molecular flexibility index (Phi) is 19.7. The van der Waals surface area contributed by atoms with Crippen LogP contribution in [0.4, 0.5) is 10.1 Å². The number of rotatable bonds is 8. The molecule has 1 aliphatic carbocycles. The third-order valence-corrected chi connectivity index (χ3v) is 6.23. The molecule has 1 saturated carbocycles. The zero-order valence-electron chi connectivity index (χ0n) is 24.4. The van der Waals surface area contributed by atoms with Gasteiger partial charge in [0.05, 0.1) is 12.1 Å². The van der Waals surface area contributed by atoms with Crippen molar-refractivity contribution >= 4 is 22.9 Å². The van der Waals surface area contributed by atoms with Crippen molar-refractivity contribution in [3.63, 3.8) is 0 Å². The van der Waals surface area contributed by atoms with Crippen molar-refractivity contribution in [3.8, 4) is 5.75 Å². The van der Waals surface area contributed by atoms with Crippen molar-refractivity contribution < 1.29 is 14.2 Å². The first-order valence-electron chi connectivity index (χ1n) is 13.5. The van der Waals surface area contributed by atoms with Crippen molar-refractivity contribution in [2.45, 2.75) is 66.2 Å². The summed E-state index contributed by atoms with van der Waals surface area (Å²) < 4.78 is 19.0. The number of methoxy groups -OCH3 is 1. The van der Waals surface area contributed by atoms with Gasteiger partial charge >= 0.3 is 0 Å². The van der Waals surface area contributed by atoms with E-state index in [-0.39, 0.29) is 5.82 Å². The maximum Gasteiger partial charge on any atom is 0.126 e. The molecule has 0 aliphatic heterocycles. The summed E-state index contributed by atoms with van der Waals surface area (Å²) in [4.78, 5) is 2.08. The second-order valence-electron chi connectivity index (χ2n) is 8.28. The summed E-state index contributed by atoms with van der Waals surface area (Å²) in [5.74, 6) is 1.35. The van der Waals surface area contributed by atoms with E-state index in [0.29, 0.717) is 10.6 Å². The van der Waals surface area contributed by atoms with Gasteiger partial charge in [-0.1, -0.05) is 88.8 Å². The summed E-state index contributed by atoms with van der Waals surface area (Å²) >= 11 is 6.64. The van der Waals surface area contributed by atoms with Crippen LogP contribution in [-0.2, 0) is 0 Å². The highest BCUT2D eigenvalue weighted by atomic mass is 35.5. The number of aliphatic hydroxyl groups is 1. The minimum absolute atomic E-state index is 0.245. The topological polar surface area (TPSA) is 44.7 Å². The SMILES string of the molecule is C1CCCCC1.C=C/C(=C(Cl)\C=C(/NC)N(CC)c1cccc(OC)c1)c1ccc(F)c(C)c1.CC.CO. The third kappa shape index (κ3) is 11.7. The minimum atomic E-state index is -0.245. The quantitative estimate of drug-likeness (QED) is 0.324. The molecule has 2 aromatic carbocycles. The van der Waals surface area contributed by atoms with E-state index in [2.05, 4.69) is 23.7 Å². The summed E-state index contributed by atoms with van der Waals surface area (Å²) in [5, 5.41) is 10.7. The molecule has 6 heteroatoms. The monoisotopic (exact) mass is 546 g/mol. The van der Waals surface area contributed by atoms with Crippen LogP contribution in [0, 0.1) is 12.7 Å². The van der Waals surface area contributed by atoms with Gasteiger partial charge in [-0.2, -0.15) is 0 Å². The lowest BCUT2D eigenvalue weighted by atomic mass is 10.0. The van der Waals surface area contributed by atoms with Crippen LogP contribution in [-0.4, -0.2) is 32.9 Å². The van der Waals surface area contributed by atoms with Crippen LogP contribution in [0.1, 0.15) is 70.4 Å². The predicted octanol–water partition coefficient (Wildman–Crippen LogP) is 8.84. The van der Waals surface area contributed by atoms with Crippen LogP contribution in [0.5, 0.6) is 5.75 Å². The summed E-state index contributed by atoms with van der Waals surface area (Å²) in [6, 6.07) is 12.7. The van der Waals surface area contributed by atoms with Gasteiger partial charge in [0.25, 0.3) is 0 Å². The standard InChI is InChI=1S/C23H26ClFN2O.C6H12.C2H6.CH4O/c1-6-20(17-11-12-22(25)16(3)13-17)21(24)15-23(26-4)27(7-2)18-9-8-10-19(14-18)28-5;1-2-4-6-5-3-1;2*1-2/h6,8-15,26H,1,7H2,2-5H3;1-6H2;1-2H3;2H,1H3/b21-20-,23-15+;;;. The maximum absolute atomic E-state index is 13.6. The molecule has 212 valence electrons. The Morgan fingerprint density at radius 1 is 1.08 bits per heavy atom. The van der Waals surface area contributed by atoms with Crippen molar-refractivity contribution in [3.05, 3.63) is 89.0 Å². The smallest absolute Gasteiger partial charge is 0.126 e. The molecule has 2 aromatic rings. The first-order chi connectivity index (χ1) is 18.4. The van der Waals surface area contributed by atoms with E-state index < -0.39 is 0 Å². The normalized spacial score (nSPS) is 13.2. The molecule has 4 nitrogen and oxygen atoms in total. The predicted molar refractivity (Wildman–Crippen MR) is 164 cm³/mol. The minimum Gasteiger partial charge on any atom is -0.497 e. The molecule has 0 amide bonds. The van der Waals surface area contributed by atoms with Gasteiger partial charge in [0.15, 0.2) is 0 Å². The molecule has 0 radical (unpaired) electrons. The fraction of sp³-hybridized carbons (Fsp3) is 0.438. The molecule has 0 aromatic heterocycles. The Labute approximate surface area is 235 Å². The maximum atomic E-state index is 13.6. The van der Waals surface area contributed by atoms with Crippen LogP contribution < -0.4 is 15.0 Å². The Bertz CT molecular complexity index is 989. The van der Waals surface area contributed by atoms with Crippen LogP contribution in [0.2, 0.25) is 0 Å².